The zero-order valence-electron chi connectivity index (χ0n) is 17.9. The number of likely N-dealkylation sites (N-methyl/N-ethyl adjacent to an activating group) is 1. The molecule has 1 aromatic heterocycles. The van der Waals surface area contributed by atoms with Gasteiger partial charge in [0.05, 0.1) is 17.4 Å². The summed E-state index contributed by atoms with van der Waals surface area (Å²) in [6, 6.07) is 3.89. The van der Waals surface area contributed by atoms with Crippen LogP contribution in [0.2, 0.25) is 0 Å². The molecule has 0 saturated carbocycles. The van der Waals surface area contributed by atoms with Gasteiger partial charge in [-0.2, -0.15) is 13.2 Å². The zero-order valence-corrected chi connectivity index (χ0v) is 17.9. The lowest BCUT2D eigenvalue weighted by Crippen LogP contribution is -2.49. The van der Waals surface area contributed by atoms with E-state index in [0.717, 1.165) is 62.4 Å². The molecule has 2 aliphatic rings. The molecule has 0 aliphatic carbocycles. The van der Waals surface area contributed by atoms with Crippen LogP contribution in [-0.4, -0.2) is 60.0 Å². The third-order valence-corrected chi connectivity index (χ3v) is 6.28. The van der Waals surface area contributed by atoms with Crippen molar-refractivity contribution in [3.05, 3.63) is 34.9 Å². The standard InChI is InChI=1S/C22H27F3N4O2/c1-13-9-14(22(23,24)25)10-18(30)20(13)17-11-16-19(31-3)6-8-29(21(16)27-26-17)15-5-4-7-28(2)12-15/h9-11,15,19,30H,4-8,12H2,1-3H3/t15?,19-/m1/s1. The molecule has 1 saturated heterocycles. The summed E-state index contributed by atoms with van der Waals surface area (Å²) in [7, 11) is 3.75. The minimum Gasteiger partial charge on any atom is -0.507 e. The number of aryl methyl sites for hydroxylation is 1. The summed E-state index contributed by atoms with van der Waals surface area (Å²) >= 11 is 0. The first-order valence-corrected chi connectivity index (χ1v) is 10.5. The van der Waals surface area contributed by atoms with Crippen LogP contribution < -0.4 is 4.90 Å². The minimum absolute atomic E-state index is 0.182. The normalized spacial score (nSPS) is 22.5. The van der Waals surface area contributed by atoms with E-state index in [1.165, 1.54) is 6.92 Å². The first-order valence-electron chi connectivity index (χ1n) is 10.5. The highest BCUT2D eigenvalue weighted by atomic mass is 19.4. The van der Waals surface area contributed by atoms with Gasteiger partial charge in [-0.1, -0.05) is 0 Å². The number of halogens is 3. The molecule has 6 nitrogen and oxygen atoms in total. The number of hydrogen-bond donors (Lipinski definition) is 1. The molecule has 0 radical (unpaired) electrons. The van der Waals surface area contributed by atoms with Gasteiger partial charge in [0.2, 0.25) is 0 Å². The Labute approximate surface area is 179 Å². The molecule has 31 heavy (non-hydrogen) atoms. The fourth-order valence-electron chi connectivity index (χ4n) is 4.76. The highest BCUT2D eigenvalue weighted by Crippen LogP contribution is 2.42. The molecular weight excluding hydrogens is 409 g/mol. The number of ether oxygens (including phenoxy) is 1. The smallest absolute Gasteiger partial charge is 0.416 e. The van der Waals surface area contributed by atoms with E-state index in [-0.39, 0.29) is 17.2 Å². The van der Waals surface area contributed by atoms with E-state index in [4.69, 9.17) is 4.74 Å². The first-order chi connectivity index (χ1) is 14.7. The largest absolute Gasteiger partial charge is 0.507 e. The van der Waals surface area contributed by atoms with Crippen LogP contribution in [0.25, 0.3) is 11.3 Å². The summed E-state index contributed by atoms with van der Waals surface area (Å²) in [5.74, 6) is 0.295. The van der Waals surface area contributed by atoms with Crippen molar-refractivity contribution in [3.63, 3.8) is 0 Å². The third-order valence-electron chi connectivity index (χ3n) is 6.28. The quantitative estimate of drug-likeness (QED) is 0.780. The second-order valence-corrected chi connectivity index (χ2v) is 8.46. The number of phenols is 1. The highest BCUT2D eigenvalue weighted by molar-refractivity contribution is 5.73. The fraction of sp³-hybridized carbons (Fsp3) is 0.545. The lowest BCUT2D eigenvalue weighted by atomic mass is 9.95. The maximum absolute atomic E-state index is 13.1. The molecule has 3 heterocycles. The summed E-state index contributed by atoms with van der Waals surface area (Å²) in [5.41, 5.74) is 0.849. The molecule has 4 rings (SSSR count). The minimum atomic E-state index is -4.53. The van der Waals surface area contributed by atoms with Gasteiger partial charge in [0, 0.05) is 37.4 Å². The van der Waals surface area contributed by atoms with Gasteiger partial charge in [0.15, 0.2) is 5.82 Å². The predicted octanol–water partition coefficient (Wildman–Crippen LogP) is 4.17. The molecule has 1 aromatic carbocycles. The Morgan fingerprint density at radius 2 is 1.90 bits per heavy atom. The Kier molecular flexibility index (Phi) is 5.83. The van der Waals surface area contributed by atoms with Crippen LogP contribution in [-0.2, 0) is 10.9 Å². The number of benzene rings is 1. The van der Waals surface area contributed by atoms with Crippen molar-refractivity contribution in [1.82, 2.24) is 15.1 Å². The molecule has 2 atom stereocenters. The maximum atomic E-state index is 13.1. The van der Waals surface area contributed by atoms with E-state index >= 15 is 0 Å². The number of alkyl halides is 3. The van der Waals surface area contributed by atoms with Gasteiger partial charge < -0.3 is 19.6 Å². The number of rotatable bonds is 3. The van der Waals surface area contributed by atoms with Crippen LogP contribution in [0.4, 0.5) is 19.0 Å². The molecule has 1 N–H and O–H groups in total. The van der Waals surface area contributed by atoms with Crippen molar-refractivity contribution in [2.24, 2.45) is 0 Å². The molecular formula is C22H27F3N4O2. The number of aromatic hydroxyl groups is 1. The number of likely N-dealkylation sites (tertiary alicyclic amines) is 1. The number of anilines is 1. The number of hydrogen-bond acceptors (Lipinski definition) is 6. The van der Waals surface area contributed by atoms with Crippen molar-refractivity contribution >= 4 is 5.82 Å². The summed E-state index contributed by atoms with van der Waals surface area (Å²) in [4.78, 5) is 4.58. The predicted molar refractivity (Wildman–Crippen MR) is 111 cm³/mol. The van der Waals surface area contributed by atoms with Crippen LogP contribution in [0.3, 0.4) is 0 Å². The van der Waals surface area contributed by atoms with Gasteiger partial charge in [0.1, 0.15) is 5.75 Å². The fourth-order valence-corrected chi connectivity index (χ4v) is 4.76. The number of methoxy groups -OCH3 is 1. The summed E-state index contributed by atoms with van der Waals surface area (Å²) < 4.78 is 44.9. The van der Waals surface area contributed by atoms with Crippen molar-refractivity contribution < 1.29 is 23.0 Å². The monoisotopic (exact) mass is 436 g/mol. The molecule has 2 aromatic rings. The molecule has 168 valence electrons. The van der Waals surface area contributed by atoms with E-state index in [2.05, 4.69) is 27.0 Å². The Balaban J connectivity index is 1.75. The lowest BCUT2D eigenvalue weighted by molar-refractivity contribution is -0.137. The molecule has 1 unspecified atom stereocenters. The Hall–Kier alpha value is -2.39. The van der Waals surface area contributed by atoms with Gasteiger partial charge in [-0.3, -0.25) is 0 Å². The summed E-state index contributed by atoms with van der Waals surface area (Å²) in [5, 5.41) is 19.2. The van der Waals surface area contributed by atoms with E-state index in [0.29, 0.717) is 11.7 Å². The van der Waals surface area contributed by atoms with E-state index < -0.39 is 17.5 Å². The molecule has 1 fully saturated rings. The first kappa shape index (κ1) is 21.8. The number of piperidine rings is 1. The van der Waals surface area contributed by atoms with Crippen molar-refractivity contribution in [1.29, 1.82) is 0 Å². The number of fused-ring (bicyclic) bond motifs is 1. The van der Waals surface area contributed by atoms with Gasteiger partial charge in [-0.15, -0.1) is 10.2 Å². The molecule has 9 heteroatoms. The van der Waals surface area contributed by atoms with Gasteiger partial charge in [0.25, 0.3) is 0 Å². The van der Waals surface area contributed by atoms with Crippen LogP contribution in [0, 0.1) is 6.92 Å². The Bertz CT molecular complexity index is 943. The second kappa shape index (κ2) is 8.27. The SMILES string of the molecule is CO[C@@H]1CCN(C2CCCN(C)C2)c2nnc(-c3c(C)cc(C(F)(F)F)cc3O)cc21. The Morgan fingerprint density at radius 1 is 1.13 bits per heavy atom. The van der Waals surface area contributed by atoms with Crippen molar-refractivity contribution in [2.45, 2.75) is 44.5 Å². The zero-order chi connectivity index (χ0) is 22.3. The van der Waals surface area contributed by atoms with Crippen LogP contribution in [0.5, 0.6) is 5.75 Å². The van der Waals surface area contributed by atoms with Crippen LogP contribution in [0.15, 0.2) is 18.2 Å². The maximum Gasteiger partial charge on any atom is 0.416 e. The average Bonchev–Trinajstić information content (AvgIpc) is 2.71. The lowest BCUT2D eigenvalue weighted by Gasteiger charge is -2.42. The van der Waals surface area contributed by atoms with Gasteiger partial charge >= 0.3 is 6.18 Å². The van der Waals surface area contributed by atoms with Crippen molar-refractivity contribution in [2.75, 3.05) is 38.7 Å². The van der Waals surface area contributed by atoms with E-state index in [1.54, 1.807) is 13.2 Å². The molecule has 0 amide bonds. The number of nitrogens with zero attached hydrogens (tertiary/aromatic N) is 4. The number of aromatic nitrogens is 2. The second-order valence-electron chi connectivity index (χ2n) is 8.46. The van der Waals surface area contributed by atoms with E-state index in [9.17, 15) is 18.3 Å². The summed E-state index contributed by atoms with van der Waals surface area (Å²) in [6.45, 7) is 4.36. The third kappa shape index (κ3) is 4.21. The van der Waals surface area contributed by atoms with Crippen LogP contribution >= 0.6 is 0 Å². The van der Waals surface area contributed by atoms with Crippen molar-refractivity contribution in [3.8, 4) is 17.0 Å². The van der Waals surface area contributed by atoms with Gasteiger partial charge in [-0.05, 0) is 63.5 Å². The highest BCUT2D eigenvalue weighted by Gasteiger charge is 2.35. The summed E-state index contributed by atoms with van der Waals surface area (Å²) in [6.07, 6.45) is -1.74. The Morgan fingerprint density at radius 3 is 2.55 bits per heavy atom. The molecule has 0 spiro atoms. The average molecular weight is 436 g/mol. The molecule has 0 bridgehead atoms. The number of phenolic OH excluding ortho intramolecular Hbond substituents is 1. The van der Waals surface area contributed by atoms with Gasteiger partial charge in [-0.25, -0.2) is 0 Å². The topological polar surface area (TPSA) is 61.7 Å². The van der Waals surface area contributed by atoms with Crippen LogP contribution in [0.1, 0.15) is 42.1 Å². The van der Waals surface area contributed by atoms with E-state index in [1.807, 2.05) is 0 Å². The molecule has 2 aliphatic heterocycles.